The molecule has 1 aromatic heterocycles. The lowest BCUT2D eigenvalue weighted by Gasteiger charge is -2.03. The van der Waals surface area contributed by atoms with Crippen molar-refractivity contribution in [3.63, 3.8) is 0 Å². The Morgan fingerprint density at radius 1 is 1.41 bits per heavy atom. The molecule has 1 heterocycles. The third-order valence-corrected chi connectivity index (χ3v) is 2.71. The molecular formula is C9H14N2O5S. The Bertz CT molecular complexity index is 493. The lowest BCUT2D eigenvalue weighted by atomic mass is 10.0. The summed E-state index contributed by atoms with van der Waals surface area (Å²) in [5, 5.41) is 15.8. The standard InChI is InChI=1S/C9H14N2O5S/c1-6(4-9(12)13)3-7-10-11-8(16-7)5-17(2,14)15/h6H,3-5H2,1-2H3,(H,12,13). The van der Waals surface area contributed by atoms with Gasteiger partial charge < -0.3 is 9.52 Å². The van der Waals surface area contributed by atoms with Crippen LogP contribution in [0.5, 0.6) is 0 Å². The number of nitrogens with zero attached hydrogens (tertiary/aromatic N) is 2. The van der Waals surface area contributed by atoms with Crippen LogP contribution in [-0.2, 0) is 26.8 Å². The van der Waals surface area contributed by atoms with E-state index in [9.17, 15) is 13.2 Å². The molecule has 0 saturated heterocycles. The highest BCUT2D eigenvalue weighted by molar-refractivity contribution is 7.89. The molecule has 1 N–H and O–H groups in total. The predicted molar refractivity (Wildman–Crippen MR) is 58.0 cm³/mol. The van der Waals surface area contributed by atoms with E-state index in [1.165, 1.54) is 0 Å². The smallest absolute Gasteiger partial charge is 0.303 e. The third kappa shape index (κ3) is 5.43. The van der Waals surface area contributed by atoms with Gasteiger partial charge in [-0.3, -0.25) is 4.79 Å². The minimum absolute atomic E-state index is 0.00376. The van der Waals surface area contributed by atoms with E-state index >= 15 is 0 Å². The topological polar surface area (TPSA) is 110 Å². The Labute approximate surface area is 98.8 Å². The fourth-order valence-corrected chi connectivity index (χ4v) is 1.89. The van der Waals surface area contributed by atoms with Crippen LogP contribution in [0.1, 0.15) is 25.1 Å². The number of aliphatic carboxylic acids is 1. The molecule has 0 aliphatic carbocycles. The predicted octanol–water partition coefficient (Wildman–Crippen LogP) is 0.268. The van der Waals surface area contributed by atoms with Gasteiger partial charge >= 0.3 is 5.97 Å². The number of hydrogen-bond acceptors (Lipinski definition) is 6. The molecule has 1 aromatic rings. The van der Waals surface area contributed by atoms with Crippen LogP contribution in [-0.4, -0.2) is 35.9 Å². The highest BCUT2D eigenvalue weighted by Crippen LogP contribution is 2.12. The number of rotatable bonds is 6. The molecule has 0 bridgehead atoms. The summed E-state index contributed by atoms with van der Waals surface area (Å²) in [5.41, 5.74) is 0. The number of carboxylic acids is 1. The molecule has 17 heavy (non-hydrogen) atoms. The molecule has 0 aromatic carbocycles. The van der Waals surface area contributed by atoms with Crippen LogP contribution in [0.2, 0.25) is 0 Å². The summed E-state index contributed by atoms with van der Waals surface area (Å²) in [6.07, 6.45) is 1.40. The Morgan fingerprint density at radius 2 is 2.00 bits per heavy atom. The second-order valence-electron chi connectivity index (χ2n) is 4.07. The number of carboxylic acid groups (broad SMARTS) is 1. The largest absolute Gasteiger partial charge is 0.481 e. The molecule has 96 valence electrons. The number of aromatic nitrogens is 2. The van der Waals surface area contributed by atoms with Crippen LogP contribution < -0.4 is 0 Å². The van der Waals surface area contributed by atoms with Crippen molar-refractivity contribution in [2.24, 2.45) is 5.92 Å². The maximum absolute atomic E-state index is 11.0. The molecular weight excluding hydrogens is 248 g/mol. The van der Waals surface area contributed by atoms with Gasteiger partial charge in [0.05, 0.1) is 0 Å². The summed E-state index contributed by atoms with van der Waals surface area (Å²) in [6.45, 7) is 1.74. The monoisotopic (exact) mass is 262 g/mol. The zero-order valence-electron chi connectivity index (χ0n) is 9.58. The zero-order chi connectivity index (χ0) is 13.1. The van der Waals surface area contributed by atoms with E-state index in [1.54, 1.807) is 6.92 Å². The molecule has 7 nitrogen and oxygen atoms in total. The minimum Gasteiger partial charge on any atom is -0.481 e. The summed E-state index contributed by atoms with van der Waals surface area (Å²) >= 11 is 0. The van der Waals surface area contributed by atoms with Gasteiger partial charge in [-0.1, -0.05) is 6.92 Å². The highest BCUT2D eigenvalue weighted by Gasteiger charge is 2.15. The number of hydrogen-bond donors (Lipinski definition) is 1. The average Bonchev–Trinajstić information content (AvgIpc) is 2.46. The van der Waals surface area contributed by atoms with Crippen molar-refractivity contribution >= 4 is 15.8 Å². The molecule has 1 unspecified atom stereocenters. The molecule has 0 saturated carbocycles. The summed E-state index contributed by atoms with van der Waals surface area (Å²) in [4.78, 5) is 10.4. The van der Waals surface area contributed by atoms with E-state index in [0.717, 1.165) is 6.26 Å². The van der Waals surface area contributed by atoms with Gasteiger partial charge in [0.25, 0.3) is 0 Å². The Hall–Kier alpha value is -1.44. The van der Waals surface area contributed by atoms with Gasteiger partial charge in [0, 0.05) is 19.1 Å². The molecule has 0 amide bonds. The van der Waals surface area contributed by atoms with Crippen LogP contribution >= 0.6 is 0 Å². The SMILES string of the molecule is CC(CC(=O)O)Cc1nnc(CS(C)(=O)=O)o1. The van der Waals surface area contributed by atoms with Crippen molar-refractivity contribution in [2.75, 3.05) is 6.26 Å². The van der Waals surface area contributed by atoms with Crippen LogP contribution in [0.3, 0.4) is 0 Å². The lowest BCUT2D eigenvalue weighted by molar-refractivity contribution is -0.137. The van der Waals surface area contributed by atoms with Gasteiger partial charge in [0.2, 0.25) is 11.8 Å². The van der Waals surface area contributed by atoms with Crippen molar-refractivity contribution in [1.82, 2.24) is 10.2 Å². The fourth-order valence-electron chi connectivity index (χ4n) is 1.32. The quantitative estimate of drug-likeness (QED) is 0.783. The Balaban J connectivity index is 2.60. The molecule has 8 heteroatoms. The molecule has 0 radical (unpaired) electrons. The van der Waals surface area contributed by atoms with E-state index in [4.69, 9.17) is 9.52 Å². The molecule has 0 spiro atoms. The second kappa shape index (κ2) is 5.26. The van der Waals surface area contributed by atoms with Gasteiger partial charge in [0.1, 0.15) is 5.75 Å². The fraction of sp³-hybridized carbons (Fsp3) is 0.667. The van der Waals surface area contributed by atoms with Crippen molar-refractivity contribution in [3.8, 4) is 0 Å². The van der Waals surface area contributed by atoms with E-state index < -0.39 is 15.8 Å². The van der Waals surface area contributed by atoms with Gasteiger partial charge in [-0.15, -0.1) is 10.2 Å². The van der Waals surface area contributed by atoms with Crippen LogP contribution in [0.15, 0.2) is 4.42 Å². The van der Waals surface area contributed by atoms with Crippen LogP contribution in [0.4, 0.5) is 0 Å². The first kappa shape index (κ1) is 13.6. The first-order valence-electron chi connectivity index (χ1n) is 4.97. The maximum atomic E-state index is 11.0. The first-order valence-corrected chi connectivity index (χ1v) is 7.03. The normalized spacial score (nSPS) is 13.5. The van der Waals surface area contributed by atoms with Crippen molar-refractivity contribution in [1.29, 1.82) is 0 Å². The van der Waals surface area contributed by atoms with Gasteiger partial charge in [-0.25, -0.2) is 8.42 Å². The summed E-state index contributed by atoms with van der Waals surface area (Å²) in [5.74, 6) is -1.04. The molecule has 0 aliphatic heterocycles. The molecule has 1 atom stereocenters. The van der Waals surface area contributed by atoms with E-state index in [0.29, 0.717) is 6.42 Å². The van der Waals surface area contributed by atoms with Crippen LogP contribution in [0, 0.1) is 5.92 Å². The van der Waals surface area contributed by atoms with Crippen molar-refractivity contribution < 1.29 is 22.7 Å². The van der Waals surface area contributed by atoms with Crippen LogP contribution in [0.25, 0.3) is 0 Å². The summed E-state index contributed by atoms with van der Waals surface area (Å²) < 4.78 is 27.1. The summed E-state index contributed by atoms with van der Waals surface area (Å²) in [6, 6.07) is 0. The second-order valence-corrected chi connectivity index (χ2v) is 6.21. The molecule has 1 rings (SSSR count). The van der Waals surface area contributed by atoms with Crippen molar-refractivity contribution in [2.45, 2.75) is 25.5 Å². The summed E-state index contributed by atoms with van der Waals surface area (Å²) in [7, 11) is -3.20. The van der Waals surface area contributed by atoms with Crippen molar-refractivity contribution in [3.05, 3.63) is 11.8 Å². The molecule has 0 fully saturated rings. The number of sulfone groups is 1. The average molecular weight is 262 g/mol. The Kier molecular flexibility index (Phi) is 4.22. The first-order chi connectivity index (χ1) is 7.76. The van der Waals surface area contributed by atoms with Gasteiger partial charge in [0.15, 0.2) is 9.84 Å². The van der Waals surface area contributed by atoms with E-state index in [1.807, 2.05) is 0 Å². The highest BCUT2D eigenvalue weighted by atomic mass is 32.2. The third-order valence-electron chi connectivity index (χ3n) is 1.94. The zero-order valence-corrected chi connectivity index (χ0v) is 10.4. The maximum Gasteiger partial charge on any atom is 0.303 e. The minimum atomic E-state index is -3.20. The van der Waals surface area contributed by atoms with Gasteiger partial charge in [-0.05, 0) is 5.92 Å². The van der Waals surface area contributed by atoms with E-state index in [-0.39, 0.29) is 29.9 Å². The lowest BCUT2D eigenvalue weighted by Crippen LogP contribution is -2.07. The van der Waals surface area contributed by atoms with E-state index in [2.05, 4.69) is 10.2 Å². The van der Waals surface area contributed by atoms with Gasteiger partial charge in [-0.2, -0.15) is 0 Å². The Morgan fingerprint density at radius 3 is 2.53 bits per heavy atom. The number of carbonyl (C=O) groups is 1. The molecule has 0 aliphatic rings.